The number of hydrogen-bond acceptors (Lipinski definition) is 3. The molecule has 1 fully saturated rings. The maximum atomic E-state index is 5.79. The molecule has 0 bridgehead atoms. The Labute approximate surface area is 113 Å². The van der Waals surface area contributed by atoms with Crippen LogP contribution in [0.15, 0.2) is 5.38 Å². The molecule has 1 aromatic rings. The van der Waals surface area contributed by atoms with Gasteiger partial charge < -0.3 is 0 Å². The van der Waals surface area contributed by atoms with Gasteiger partial charge in [0, 0.05) is 11.4 Å². The normalized spacial score (nSPS) is 17.8. The van der Waals surface area contributed by atoms with E-state index in [1.54, 1.807) is 11.3 Å². The highest BCUT2D eigenvalue weighted by atomic mass is 35.5. The summed E-state index contributed by atoms with van der Waals surface area (Å²) in [4.78, 5) is 7.14. The minimum atomic E-state index is 0.534. The summed E-state index contributed by atoms with van der Waals surface area (Å²) < 4.78 is 0. The Balaban J connectivity index is 1.93. The number of thiazole rings is 1. The second-order valence-electron chi connectivity index (χ2n) is 4.72. The van der Waals surface area contributed by atoms with Crippen molar-refractivity contribution in [2.24, 2.45) is 0 Å². The zero-order chi connectivity index (χ0) is 12.1. The average molecular weight is 273 g/mol. The second-order valence-corrected chi connectivity index (χ2v) is 5.93. The van der Waals surface area contributed by atoms with Gasteiger partial charge in [-0.05, 0) is 19.4 Å². The van der Waals surface area contributed by atoms with Gasteiger partial charge in [-0.2, -0.15) is 0 Å². The van der Waals surface area contributed by atoms with Gasteiger partial charge in [0.15, 0.2) is 0 Å². The molecule has 2 nitrogen and oxygen atoms in total. The van der Waals surface area contributed by atoms with E-state index < -0.39 is 0 Å². The van der Waals surface area contributed by atoms with Crippen LogP contribution in [0.25, 0.3) is 0 Å². The Morgan fingerprint density at radius 3 is 2.76 bits per heavy atom. The molecular weight excluding hydrogens is 252 g/mol. The molecule has 0 unspecified atom stereocenters. The number of aromatic nitrogens is 1. The zero-order valence-corrected chi connectivity index (χ0v) is 12.1. The molecule has 1 aliphatic carbocycles. The van der Waals surface area contributed by atoms with Crippen molar-refractivity contribution in [1.29, 1.82) is 0 Å². The lowest BCUT2D eigenvalue weighted by Gasteiger charge is -2.32. The van der Waals surface area contributed by atoms with Crippen molar-refractivity contribution in [3.63, 3.8) is 0 Å². The minimum Gasteiger partial charge on any atom is -0.294 e. The van der Waals surface area contributed by atoms with Crippen molar-refractivity contribution in [2.75, 3.05) is 6.54 Å². The molecule has 0 atom stereocenters. The van der Waals surface area contributed by atoms with Gasteiger partial charge in [0.05, 0.1) is 18.1 Å². The molecule has 0 amide bonds. The maximum absolute atomic E-state index is 5.79. The van der Waals surface area contributed by atoms with Crippen molar-refractivity contribution < 1.29 is 0 Å². The molecule has 1 saturated carbocycles. The maximum Gasteiger partial charge on any atom is 0.107 e. The number of hydrogen-bond donors (Lipinski definition) is 0. The van der Waals surface area contributed by atoms with Gasteiger partial charge in [-0.3, -0.25) is 4.90 Å². The highest BCUT2D eigenvalue weighted by molar-refractivity contribution is 7.09. The molecule has 17 heavy (non-hydrogen) atoms. The summed E-state index contributed by atoms with van der Waals surface area (Å²) in [7, 11) is 0. The van der Waals surface area contributed by atoms with Gasteiger partial charge >= 0.3 is 0 Å². The smallest absolute Gasteiger partial charge is 0.107 e. The number of alkyl halides is 1. The molecule has 2 rings (SSSR count). The molecule has 1 aliphatic rings. The Hall–Kier alpha value is -0.120. The van der Waals surface area contributed by atoms with Gasteiger partial charge in [0.2, 0.25) is 0 Å². The second kappa shape index (κ2) is 6.72. The molecule has 1 aromatic heterocycles. The van der Waals surface area contributed by atoms with Crippen molar-refractivity contribution in [1.82, 2.24) is 9.88 Å². The van der Waals surface area contributed by atoms with Gasteiger partial charge in [0.25, 0.3) is 0 Å². The summed E-state index contributed by atoms with van der Waals surface area (Å²) >= 11 is 7.53. The van der Waals surface area contributed by atoms with Crippen molar-refractivity contribution in [2.45, 2.75) is 57.5 Å². The van der Waals surface area contributed by atoms with Crippen LogP contribution >= 0.6 is 22.9 Å². The van der Waals surface area contributed by atoms with E-state index in [-0.39, 0.29) is 0 Å². The molecule has 0 spiro atoms. The van der Waals surface area contributed by atoms with Crippen molar-refractivity contribution >= 4 is 22.9 Å². The predicted octanol–water partition coefficient (Wildman–Crippen LogP) is 4.04. The van der Waals surface area contributed by atoms with Crippen LogP contribution in [0.5, 0.6) is 0 Å². The SMILES string of the molecule is CCN(Cc1nc(CCl)cs1)C1CCCCC1. The lowest BCUT2D eigenvalue weighted by molar-refractivity contribution is 0.156. The monoisotopic (exact) mass is 272 g/mol. The third-order valence-corrected chi connectivity index (χ3v) is 4.73. The molecule has 4 heteroatoms. The standard InChI is InChI=1S/C13H21ClN2S/c1-2-16(12-6-4-3-5-7-12)9-13-15-11(8-14)10-17-13/h10,12H,2-9H2,1H3. The molecule has 96 valence electrons. The van der Waals surface area contributed by atoms with E-state index in [4.69, 9.17) is 11.6 Å². The van der Waals surface area contributed by atoms with E-state index in [0.29, 0.717) is 5.88 Å². The van der Waals surface area contributed by atoms with Crippen LogP contribution in [0.3, 0.4) is 0 Å². The fraction of sp³-hybridized carbons (Fsp3) is 0.769. The third kappa shape index (κ3) is 3.67. The van der Waals surface area contributed by atoms with Crippen molar-refractivity contribution in [3.8, 4) is 0 Å². The van der Waals surface area contributed by atoms with Crippen LogP contribution < -0.4 is 0 Å². The molecule has 0 radical (unpaired) electrons. The Kier molecular flexibility index (Phi) is 5.26. The van der Waals surface area contributed by atoms with Crippen LogP contribution in [-0.4, -0.2) is 22.5 Å². The van der Waals surface area contributed by atoms with Gasteiger partial charge in [-0.1, -0.05) is 26.2 Å². The largest absolute Gasteiger partial charge is 0.294 e. The molecular formula is C13H21ClN2S. The predicted molar refractivity (Wildman–Crippen MR) is 74.6 cm³/mol. The highest BCUT2D eigenvalue weighted by Gasteiger charge is 2.20. The van der Waals surface area contributed by atoms with Crippen LogP contribution in [0.4, 0.5) is 0 Å². The lowest BCUT2D eigenvalue weighted by atomic mass is 9.94. The number of nitrogens with zero attached hydrogens (tertiary/aromatic N) is 2. The van der Waals surface area contributed by atoms with Crippen molar-refractivity contribution in [3.05, 3.63) is 16.1 Å². The van der Waals surface area contributed by atoms with Gasteiger partial charge in [0.1, 0.15) is 5.01 Å². The first kappa shape index (κ1) is 13.3. The van der Waals surface area contributed by atoms with E-state index in [1.165, 1.54) is 37.1 Å². The topological polar surface area (TPSA) is 16.1 Å². The molecule has 0 aromatic carbocycles. The van der Waals surface area contributed by atoms with Gasteiger partial charge in [-0.15, -0.1) is 22.9 Å². The molecule has 0 N–H and O–H groups in total. The Bertz CT molecular complexity index is 334. The summed E-state index contributed by atoms with van der Waals surface area (Å²) in [5.41, 5.74) is 1.02. The summed E-state index contributed by atoms with van der Waals surface area (Å²) in [6, 6.07) is 0.775. The molecule has 1 heterocycles. The summed E-state index contributed by atoms with van der Waals surface area (Å²) in [6.45, 7) is 4.38. The van der Waals surface area contributed by atoms with Crippen LogP contribution in [0.1, 0.15) is 49.7 Å². The highest BCUT2D eigenvalue weighted by Crippen LogP contribution is 2.24. The Morgan fingerprint density at radius 2 is 2.18 bits per heavy atom. The first-order valence-electron chi connectivity index (χ1n) is 6.56. The fourth-order valence-electron chi connectivity index (χ4n) is 2.60. The van der Waals surface area contributed by atoms with E-state index in [2.05, 4.69) is 22.2 Å². The first-order chi connectivity index (χ1) is 8.33. The van der Waals surface area contributed by atoms with Crippen LogP contribution in [0, 0.1) is 0 Å². The fourth-order valence-corrected chi connectivity index (χ4v) is 3.65. The quantitative estimate of drug-likeness (QED) is 0.752. The number of rotatable bonds is 5. The summed E-state index contributed by atoms with van der Waals surface area (Å²) in [6.07, 6.45) is 6.93. The zero-order valence-electron chi connectivity index (χ0n) is 10.5. The minimum absolute atomic E-state index is 0.534. The van der Waals surface area contributed by atoms with E-state index in [1.807, 2.05) is 0 Å². The molecule has 0 saturated heterocycles. The van der Waals surface area contributed by atoms with E-state index in [0.717, 1.165) is 24.8 Å². The Morgan fingerprint density at radius 1 is 1.41 bits per heavy atom. The lowest BCUT2D eigenvalue weighted by Crippen LogP contribution is -2.36. The van der Waals surface area contributed by atoms with Gasteiger partial charge in [-0.25, -0.2) is 4.98 Å². The average Bonchev–Trinajstić information content (AvgIpc) is 2.84. The summed E-state index contributed by atoms with van der Waals surface area (Å²) in [5, 5.41) is 3.30. The summed E-state index contributed by atoms with van der Waals surface area (Å²) in [5.74, 6) is 0.534. The van der Waals surface area contributed by atoms with Crippen LogP contribution in [0.2, 0.25) is 0 Å². The van der Waals surface area contributed by atoms with Crippen LogP contribution in [-0.2, 0) is 12.4 Å². The third-order valence-electron chi connectivity index (χ3n) is 3.57. The molecule has 0 aliphatic heterocycles. The van der Waals surface area contributed by atoms with E-state index >= 15 is 0 Å². The van der Waals surface area contributed by atoms with E-state index in [9.17, 15) is 0 Å². The first-order valence-corrected chi connectivity index (χ1v) is 7.98. The number of halogens is 1.